The van der Waals surface area contributed by atoms with E-state index >= 15 is 0 Å². The first kappa shape index (κ1) is 19.3. The fraction of sp³-hybridized carbons (Fsp3) is 0.652. The Kier molecular flexibility index (Phi) is 5.25. The van der Waals surface area contributed by atoms with Gasteiger partial charge in [-0.15, -0.1) is 0 Å². The van der Waals surface area contributed by atoms with Crippen molar-refractivity contribution in [3.63, 3.8) is 0 Å². The van der Waals surface area contributed by atoms with E-state index in [1.807, 2.05) is 12.1 Å². The summed E-state index contributed by atoms with van der Waals surface area (Å²) in [5.41, 5.74) is 2.34. The highest BCUT2D eigenvalue weighted by molar-refractivity contribution is 7.80. The fourth-order valence-electron chi connectivity index (χ4n) is 6.76. The molecule has 0 atom stereocenters. The smallest absolute Gasteiger partial charge is 0.226 e. The van der Waals surface area contributed by atoms with Gasteiger partial charge in [0.05, 0.1) is 13.2 Å². The van der Waals surface area contributed by atoms with E-state index in [4.69, 9.17) is 17.0 Å². The van der Waals surface area contributed by atoms with Crippen molar-refractivity contribution in [3.05, 3.63) is 24.3 Å². The first-order valence-corrected chi connectivity index (χ1v) is 11.5. The summed E-state index contributed by atoms with van der Waals surface area (Å²) in [6.45, 7) is 3.40. The molecule has 5 nitrogen and oxygen atoms in total. The second kappa shape index (κ2) is 7.88. The number of ether oxygens (including phenoxy) is 1. The molecule has 2 N–H and O–H groups in total. The highest BCUT2D eigenvalue weighted by atomic mass is 32.1. The number of thiocarbonyl (C=S) groups is 1. The lowest BCUT2D eigenvalue weighted by Gasteiger charge is -2.56. The van der Waals surface area contributed by atoms with Crippen LogP contribution in [-0.2, 0) is 9.53 Å². The van der Waals surface area contributed by atoms with Gasteiger partial charge in [0.1, 0.15) is 0 Å². The second-order valence-corrected chi connectivity index (χ2v) is 10.2. The number of amides is 1. The number of anilines is 2. The molecule has 1 amide bonds. The molecule has 0 aromatic heterocycles. The Labute approximate surface area is 178 Å². The highest BCUT2D eigenvalue weighted by Gasteiger charge is 2.51. The zero-order chi connectivity index (χ0) is 19.8. The Morgan fingerprint density at radius 1 is 1.03 bits per heavy atom. The number of rotatable bonds is 4. The molecule has 29 heavy (non-hydrogen) atoms. The Balaban J connectivity index is 1.13. The molecule has 1 aliphatic heterocycles. The number of nitrogens with zero attached hydrogens (tertiary/aromatic N) is 1. The largest absolute Gasteiger partial charge is 0.378 e. The molecular formula is C23H31N3O2S. The Bertz CT molecular complexity index is 738. The van der Waals surface area contributed by atoms with Gasteiger partial charge >= 0.3 is 0 Å². The van der Waals surface area contributed by atoms with E-state index in [1.54, 1.807) is 0 Å². The highest BCUT2D eigenvalue weighted by Crippen LogP contribution is 2.61. The molecule has 1 heterocycles. The predicted octanol–water partition coefficient (Wildman–Crippen LogP) is 3.94. The van der Waals surface area contributed by atoms with Crippen molar-refractivity contribution < 1.29 is 9.53 Å². The Morgan fingerprint density at radius 2 is 1.62 bits per heavy atom. The van der Waals surface area contributed by atoms with Gasteiger partial charge in [0, 0.05) is 30.9 Å². The maximum Gasteiger partial charge on any atom is 0.226 e. The topological polar surface area (TPSA) is 53.6 Å². The van der Waals surface area contributed by atoms with Crippen LogP contribution in [0.25, 0.3) is 0 Å². The van der Waals surface area contributed by atoms with Gasteiger partial charge < -0.3 is 20.3 Å². The van der Waals surface area contributed by atoms with Crippen LogP contribution in [0.15, 0.2) is 24.3 Å². The predicted molar refractivity (Wildman–Crippen MR) is 119 cm³/mol. The lowest BCUT2D eigenvalue weighted by atomic mass is 9.49. The van der Waals surface area contributed by atoms with Crippen molar-refractivity contribution in [2.24, 2.45) is 23.2 Å². The SMILES string of the molecule is O=C(CC12CC3CC(CC(C3)C1)C2)NC(=S)Nc1ccc(N2CCOCC2)cc1. The molecule has 0 spiro atoms. The molecule has 6 heteroatoms. The van der Waals surface area contributed by atoms with Gasteiger partial charge in [0.2, 0.25) is 5.91 Å². The first-order chi connectivity index (χ1) is 14.1. The summed E-state index contributed by atoms with van der Waals surface area (Å²) in [5, 5.41) is 6.50. The van der Waals surface area contributed by atoms with Crippen LogP contribution in [-0.4, -0.2) is 37.3 Å². The van der Waals surface area contributed by atoms with E-state index in [9.17, 15) is 4.79 Å². The number of benzene rings is 1. The molecule has 1 aromatic carbocycles. The summed E-state index contributed by atoms with van der Waals surface area (Å²) in [7, 11) is 0. The van der Waals surface area contributed by atoms with Gasteiger partial charge in [-0.1, -0.05) is 0 Å². The molecule has 1 saturated heterocycles. The minimum absolute atomic E-state index is 0.0781. The monoisotopic (exact) mass is 413 g/mol. The summed E-state index contributed by atoms with van der Waals surface area (Å²) in [6, 6.07) is 8.21. The molecule has 156 valence electrons. The number of nitrogens with one attached hydrogen (secondary N) is 2. The molecule has 6 rings (SSSR count). The van der Waals surface area contributed by atoms with E-state index in [0.717, 1.165) is 49.7 Å². The molecule has 4 aliphatic carbocycles. The Hall–Kier alpha value is -1.66. The molecule has 4 bridgehead atoms. The molecule has 5 aliphatic rings. The summed E-state index contributed by atoms with van der Waals surface area (Å²) >= 11 is 5.41. The average molecular weight is 414 g/mol. The van der Waals surface area contributed by atoms with E-state index < -0.39 is 0 Å². The third kappa shape index (κ3) is 4.29. The zero-order valence-electron chi connectivity index (χ0n) is 17.0. The molecule has 5 fully saturated rings. The fourth-order valence-corrected chi connectivity index (χ4v) is 6.99. The van der Waals surface area contributed by atoms with Crippen LogP contribution in [0.5, 0.6) is 0 Å². The van der Waals surface area contributed by atoms with Crippen LogP contribution in [0.3, 0.4) is 0 Å². The van der Waals surface area contributed by atoms with E-state index in [1.165, 1.54) is 44.2 Å². The minimum atomic E-state index is 0.0781. The molecular weight excluding hydrogens is 382 g/mol. The van der Waals surface area contributed by atoms with Crippen molar-refractivity contribution in [3.8, 4) is 0 Å². The van der Waals surface area contributed by atoms with Crippen LogP contribution >= 0.6 is 12.2 Å². The Morgan fingerprint density at radius 3 is 2.21 bits per heavy atom. The second-order valence-electron chi connectivity index (χ2n) is 9.74. The van der Waals surface area contributed by atoms with Crippen LogP contribution in [0.2, 0.25) is 0 Å². The quantitative estimate of drug-likeness (QED) is 0.732. The summed E-state index contributed by atoms with van der Waals surface area (Å²) in [6.07, 6.45) is 8.58. The van der Waals surface area contributed by atoms with Gasteiger partial charge in [-0.3, -0.25) is 4.79 Å². The van der Waals surface area contributed by atoms with Gasteiger partial charge in [-0.2, -0.15) is 0 Å². The van der Waals surface area contributed by atoms with E-state index in [0.29, 0.717) is 11.5 Å². The van der Waals surface area contributed by atoms with E-state index in [2.05, 4.69) is 27.7 Å². The lowest BCUT2D eigenvalue weighted by molar-refractivity contribution is -0.127. The summed E-state index contributed by atoms with van der Waals surface area (Å²) in [5.74, 6) is 2.67. The average Bonchev–Trinajstić information content (AvgIpc) is 2.67. The number of carbonyl (C=O) groups is 1. The third-order valence-electron chi connectivity index (χ3n) is 7.45. The normalized spacial score (nSPS) is 32.8. The zero-order valence-corrected chi connectivity index (χ0v) is 17.8. The van der Waals surface area contributed by atoms with Gasteiger partial charge in [0.25, 0.3) is 0 Å². The van der Waals surface area contributed by atoms with Crippen molar-refractivity contribution in [1.29, 1.82) is 0 Å². The number of hydrogen-bond acceptors (Lipinski definition) is 4. The van der Waals surface area contributed by atoms with Crippen molar-refractivity contribution >= 4 is 34.6 Å². The molecule has 1 aromatic rings. The van der Waals surface area contributed by atoms with Crippen LogP contribution in [0.4, 0.5) is 11.4 Å². The maximum absolute atomic E-state index is 12.7. The molecule has 4 saturated carbocycles. The number of morpholine rings is 1. The summed E-state index contributed by atoms with van der Waals surface area (Å²) < 4.78 is 5.41. The van der Waals surface area contributed by atoms with Gasteiger partial charge in [-0.05, 0) is 98.2 Å². The van der Waals surface area contributed by atoms with Crippen molar-refractivity contribution in [1.82, 2.24) is 5.32 Å². The third-order valence-corrected chi connectivity index (χ3v) is 7.66. The molecule has 0 unspecified atom stereocenters. The van der Waals surface area contributed by atoms with Crippen LogP contribution in [0, 0.1) is 23.2 Å². The lowest BCUT2D eigenvalue weighted by Crippen LogP contribution is -2.48. The van der Waals surface area contributed by atoms with E-state index in [-0.39, 0.29) is 11.3 Å². The standard InChI is InChI=1S/C23H31N3O2S/c27-21(15-23-12-16-9-17(13-23)11-18(10-16)14-23)25-22(29)24-19-1-3-20(4-2-19)26-5-7-28-8-6-26/h1-4,16-18H,5-15H2,(H2,24,25,27,29). The van der Waals surface area contributed by atoms with Crippen LogP contribution < -0.4 is 15.5 Å². The molecule has 0 radical (unpaired) electrons. The first-order valence-electron chi connectivity index (χ1n) is 11.1. The van der Waals surface area contributed by atoms with Crippen LogP contribution in [0.1, 0.15) is 44.9 Å². The van der Waals surface area contributed by atoms with Gasteiger partial charge in [0.15, 0.2) is 5.11 Å². The van der Waals surface area contributed by atoms with Gasteiger partial charge in [-0.25, -0.2) is 0 Å². The van der Waals surface area contributed by atoms with Crippen molar-refractivity contribution in [2.45, 2.75) is 44.9 Å². The summed E-state index contributed by atoms with van der Waals surface area (Å²) in [4.78, 5) is 15.1. The number of hydrogen-bond donors (Lipinski definition) is 2. The van der Waals surface area contributed by atoms with Crippen molar-refractivity contribution in [2.75, 3.05) is 36.5 Å². The maximum atomic E-state index is 12.7. The minimum Gasteiger partial charge on any atom is -0.378 e. The number of carbonyl (C=O) groups excluding carboxylic acids is 1.